The zero-order chi connectivity index (χ0) is 17.4. The fourth-order valence-electron chi connectivity index (χ4n) is 2.95. The zero-order valence-electron chi connectivity index (χ0n) is 13.4. The molecule has 1 aliphatic carbocycles. The first kappa shape index (κ1) is 17.1. The van der Waals surface area contributed by atoms with Gasteiger partial charge in [-0.3, -0.25) is 0 Å². The van der Waals surface area contributed by atoms with Gasteiger partial charge in [-0.15, -0.1) is 0 Å². The summed E-state index contributed by atoms with van der Waals surface area (Å²) in [5.41, 5.74) is 1.29. The molecule has 1 atom stereocenters. The third-order valence-corrected chi connectivity index (χ3v) is 5.85. The van der Waals surface area contributed by atoms with E-state index in [4.69, 9.17) is 0 Å². The fraction of sp³-hybridized carbons (Fsp3) is 0.333. The molecule has 0 aromatic heterocycles. The topological polar surface area (TPSA) is 66.4 Å². The van der Waals surface area contributed by atoms with E-state index in [-0.39, 0.29) is 11.4 Å². The van der Waals surface area contributed by atoms with E-state index >= 15 is 0 Å². The van der Waals surface area contributed by atoms with Crippen molar-refractivity contribution in [3.63, 3.8) is 0 Å². The number of hydrogen-bond donors (Lipinski definition) is 2. The predicted octanol–water partition coefficient (Wildman–Crippen LogP) is 2.50. The standard InChI is InChI=1S/C18H20FNO3S/c1-18(21,15-6-8-16(19)9-7-15)12-20-24(22,23)17-10-5-13-3-2-4-14(13)11-17/h5-11,20-21H,2-4,12H2,1H3. The van der Waals surface area contributed by atoms with Crippen molar-refractivity contribution in [2.75, 3.05) is 6.54 Å². The van der Waals surface area contributed by atoms with E-state index in [0.29, 0.717) is 5.56 Å². The van der Waals surface area contributed by atoms with Crippen molar-refractivity contribution < 1.29 is 17.9 Å². The van der Waals surface area contributed by atoms with E-state index in [1.807, 2.05) is 6.07 Å². The van der Waals surface area contributed by atoms with Crippen LogP contribution in [0.4, 0.5) is 4.39 Å². The minimum absolute atomic E-state index is 0.196. The molecule has 3 rings (SSSR count). The molecule has 0 fully saturated rings. The molecule has 24 heavy (non-hydrogen) atoms. The van der Waals surface area contributed by atoms with Crippen LogP contribution in [0, 0.1) is 5.82 Å². The second-order valence-corrected chi connectivity index (χ2v) is 8.16. The summed E-state index contributed by atoms with van der Waals surface area (Å²) in [7, 11) is -3.72. The van der Waals surface area contributed by atoms with Gasteiger partial charge >= 0.3 is 0 Å². The Morgan fingerprint density at radius 1 is 1.12 bits per heavy atom. The van der Waals surface area contributed by atoms with Crippen LogP contribution in [0.25, 0.3) is 0 Å². The maximum absolute atomic E-state index is 13.0. The zero-order valence-corrected chi connectivity index (χ0v) is 14.2. The molecule has 0 heterocycles. The van der Waals surface area contributed by atoms with Gasteiger partial charge in [0.25, 0.3) is 0 Å². The molecule has 0 radical (unpaired) electrons. The average Bonchev–Trinajstić information content (AvgIpc) is 3.01. The highest BCUT2D eigenvalue weighted by molar-refractivity contribution is 7.89. The summed E-state index contributed by atoms with van der Waals surface area (Å²) >= 11 is 0. The number of halogens is 1. The van der Waals surface area contributed by atoms with E-state index in [0.717, 1.165) is 24.8 Å². The number of rotatable bonds is 5. The Morgan fingerprint density at radius 2 is 1.79 bits per heavy atom. The largest absolute Gasteiger partial charge is 0.384 e. The lowest BCUT2D eigenvalue weighted by Gasteiger charge is -2.24. The van der Waals surface area contributed by atoms with Crippen molar-refractivity contribution >= 4 is 10.0 Å². The number of hydrogen-bond acceptors (Lipinski definition) is 3. The smallest absolute Gasteiger partial charge is 0.240 e. The first-order valence-electron chi connectivity index (χ1n) is 7.88. The number of aliphatic hydroxyl groups is 1. The molecule has 0 saturated carbocycles. The van der Waals surface area contributed by atoms with Gasteiger partial charge in [0.2, 0.25) is 10.0 Å². The molecule has 2 aromatic carbocycles. The summed E-state index contributed by atoms with van der Waals surface area (Å²) in [6.07, 6.45) is 2.93. The van der Waals surface area contributed by atoms with Crippen molar-refractivity contribution in [1.82, 2.24) is 4.72 Å². The van der Waals surface area contributed by atoms with Crippen LogP contribution >= 0.6 is 0 Å². The molecule has 1 aliphatic rings. The van der Waals surface area contributed by atoms with Crippen LogP contribution in [-0.4, -0.2) is 20.1 Å². The Morgan fingerprint density at radius 3 is 2.50 bits per heavy atom. The molecule has 2 aromatic rings. The van der Waals surface area contributed by atoms with E-state index in [9.17, 15) is 17.9 Å². The van der Waals surface area contributed by atoms with Crippen LogP contribution in [-0.2, 0) is 28.5 Å². The Kier molecular flexibility index (Phi) is 4.46. The lowest BCUT2D eigenvalue weighted by molar-refractivity contribution is 0.0627. The highest BCUT2D eigenvalue weighted by Crippen LogP contribution is 2.25. The molecule has 128 valence electrons. The van der Waals surface area contributed by atoms with E-state index in [1.165, 1.54) is 36.8 Å². The van der Waals surface area contributed by atoms with Crippen molar-refractivity contribution in [1.29, 1.82) is 0 Å². The van der Waals surface area contributed by atoms with Gasteiger partial charge in [-0.05, 0) is 67.1 Å². The van der Waals surface area contributed by atoms with E-state index in [2.05, 4.69) is 4.72 Å². The van der Waals surface area contributed by atoms with Crippen molar-refractivity contribution in [3.05, 3.63) is 65.0 Å². The SMILES string of the molecule is CC(O)(CNS(=O)(=O)c1ccc2c(c1)CCC2)c1ccc(F)cc1. The third-order valence-electron chi connectivity index (χ3n) is 4.45. The van der Waals surface area contributed by atoms with E-state index < -0.39 is 21.4 Å². The first-order valence-corrected chi connectivity index (χ1v) is 9.36. The van der Waals surface area contributed by atoms with Gasteiger partial charge in [-0.2, -0.15) is 0 Å². The highest BCUT2D eigenvalue weighted by atomic mass is 32.2. The molecule has 2 N–H and O–H groups in total. The van der Waals surface area contributed by atoms with Gasteiger partial charge in [0.05, 0.1) is 4.90 Å². The lowest BCUT2D eigenvalue weighted by atomic mass is 9.96. The van der Waals surface area contributed by atoms with Gasteiger partial charge in [0, 0.05) is 6.54 Å². The second kappa shape index (κ2) is 6.27. The molecule has 0 aliphatic heterocycles. The van der Waals surface area contributed by atoms with Crippen molar-refractivity contribution in [2.45, 2.75) is 36.7 Å². The van der Waals surface area contributed by atoms with Crippen LogP contribution in [0.5, 0.6) is 0 Å². The van der Waals surface area contributed by atoms with Crippen LogP contribution < -0.4 is 4.72 Å². The molecular weight excluding hydrogens is 329 g/mol. The van der Waals surface area contributed by atoms with Crippen molar-refractivity contribution in [2.24, 2.45) is 0 Å². The molecule has 1 unspecified atom stereocenters. The Labute approximate surface area is 141 Å². The van der Waals surface area contributed by atoms with Gasteiger partial charge < -0.3 is 5.11 Å². The van der Waals surface area contributed by atoms with Gasteiger partial charge in [-0.25, -0.2) is 17.5 Å². The number of fused-ring (bicyclic) bond motifs is 1. The Balaban J connectivity index is 1.76. The quantitative estimate of drug-likeness (QED) is 0.872. The number of benzene rings is 2. The molecule has 4 nitrogen and oxygen atoms in total. The summed E-state index contributed by atoms with van der Waals surface area (Å²) in [6.45, 7) is 1.30. The summed E-state index contributed by atoms with van der Waals surface area (Å²) in [4.78, 5) is 0.207. The predicted molar refractivity (Wildman–Crippen MR) is 89.6 cm³/mol. The van der Waals surface area contributed by atoms with Crippen LogP contribution in [0.1, 0.15) is 30.0 Å². The highest BCUT2D eigenvalue weighted by Gasteiger charge is 2.27. The number of aryl methyl sites for hydroxylation is 2. The maximum Gasteiger partial charge on any atom is 0.240 e. The number of sulfonamides is 1. The molecule has 0 amide bonds. The lowest BCUT2D eigenvalue weighted by Crippen LogP contribution is -2.38. The monoisotopic (exact) mass is 349 g/mol. The fourth-order valence-corrected chi connectivity index (χ4v) is 4.13. The average molecular weight is 349 g/mol. The molecule has 0 saturated heterocycles. The number of nitrogens with one attached hydrogen (secondary N) is 1. The van der Waals surface area contributed by atoms with Crippen LogP contribution in [0.2, 0.25) is 0 Å². The van der Waals surface area contributed by atoms with Gasteiger partial charge in [0.1, 0.15) is 11.4 Å². The Bertz CT molecular complexity index is 845. The molecule has 0 bridgehead atoms. The van der Waals surface area contributed by atoms with Gasteiger partial charge in [-0.1, -0.05) is 18.2 Å². The van der Waals surface area contributed by atoms with Gasteiger partial charge in [0.15, 0.2) is 0 Å². The third kappa shape index (κ3) is 3.50. The molecule has 0 spiro atoms. The normalized spacial score (nSPS) is 16.6. The van der Waals surface area contributed by atoms with Crippen molar-refractivity contribution in [3.8, 4) is 0 Å². The summed E-state index contributed by atoms with van der Waals surface area (Å²) in [5.74, 6) is -0.409. The summed E-state index contributed by atoms with van der Waals surface area (Å²) in [5, 5.41) is 10.5. The molecule has 6 heteroatoms. The summed E-state index contributed by atoms with van der Waals surface area (Å²) < 4.78 is 40.4. The van der Waals surface area contributed by atoms with Crippen LogP contribution in [0.3, 0.4) is 0 Å². The Hall–Kier alpha value is -1.76. The maximum atomic E-state index is 13.0. The minimum atomic E-state index is -3.72. The second-order valence-electron chi connectivity index (χ2n) is 6.39. The first-order chi connectivity index (χ1) is 11.3. The summed E-state index contributed by atoms with van der Waals surface area (Å²) in [6, 6.07) is 10.5. The molecular formula is C18H20FNO3S. The minimum Gasteiger partial charge on any atom is -0.384 e. The van der Waals surface area contributed by atoms with E-state index in [1.54, 1.807) is 12.1 Å². The van der Waals surface area contributed by atoms with Crippen LogP contribution in [0.15, 0.2) is 47.4 Å².